The van der Waals surface area contributed by atoms with Crippen LogP contribution in [0.25, 0.3) is 9.88 Å². The van der Waals surface area contributed by atoms with Crippen molar-refractivity contribution in [3.63, 3.8) is 0 Å². The molecular formula is C14H9Cl2N3OS2. The number of thiophene rings is 1. The Morgan fingerprint density at radius 1 is 1.18 bits per heavy atom. The molecule has 0 aliphatic rings. The summed E-state index contributed by atoms with van der Waals surface area (Å²) in [5.41, 5.74) is 1.27. The fourth-order valence-corrected chi connectivity index (χ4v) is 3.95. The topological polar surface area (TPSA) is 54.9 Å². The predicted molar refractivity (Wildman–Crippen MR) is 92.4 cm³/mol. The molecule has 1 amide bonds. The summed E-state index contributed by atoms with van der Waals surface area (Å²) in [5.74, 6) is -0.215. The van der Waals surface area contributed by atoms with E-state index >= 15 is 0 Å². The molecule has 0 saturated heterocycles. The number of aromatic nitrogens is 2. The number of carbonyl (C=O) groups is 1. The third-order valence-corrected chi connectivity index (χ3v) is 5.55. The molecule has 0 saturated carbocycles. The van der Waals surface area contributed by atoms with E-state index in [4.69, 9.17) is 23.2 Å². The molecule has 112 valence electrons. The lowest BCUT2D eigenvalue weighted by atomic mass is 10.3. The van der Waals surface area contributed by atoms with Crippen LogP contribution in [0.4, 0.5) is 5.69 Å². The summed E-state index contributed by atoms with van der Waals surface area (Å²) in [6.45, 7) is 1.81. The molecule has 3 aromatic rings. The molecule has 0 atom stereocenters. The maximum atomic E-state index is 12.3. The average molecular weight is 370 g/mol. The number of thiazole rings is 1. The number of hydrogen-bond acceptors (Lipinski definition) is 5. The van der Waals surface area contributed by atoms with Crippen molar-refractivity contribution in [2.75, 3.05) is 5.32 Å². The Morgan fingerprint density at radius 2 is 2.00 bits per heavy atom. The van der Waals surface area contributed by atoms with E-state index in [-0.39, 0.29) is 5.91 Å². The zero-order valence-corrected chi connectivity index (χ0v) is 14.4. The van der Waals surface area contributed by atoms with Gasteiger partial charge in [0.1, 0.15) is 15.0 Å². The highest BCUT2D eigenvalue weighted by Crippen LogP contribution is 2.35. The molecule has 3 heterocycles. The second-order valence-electron chi connectivity index (χ2n) is 4.36. The van der Waals surface area contributed by atoms with Crippen molar-refractivity contribution in [2.24, 2.45) is 0 Å². The number of pyridine rings is 1. The van der Waals surface area contributed by atoms with Gasteiger partial charge in [-0.15, -0.1) is 22.7 Å². The number of hydrogen-bond donors (Lipinski definition) is 1. The zero-order chi connectivity index (χ0) is 15.7. The van der Waals surface area contributed by atoms with Crippen LogP contribution in [0.3, 0.4) is 0 Å². The van der Waals surface area contributed by atoms with Crippen molar-refractivity contribution in [3.05, 3.63) is 50.5 Å². The molecule has 0 bridgehead atoms. The molecule has 0 spiro atoms. The van der Waals surface area contributed by atoms with Crippen molar-refractivity contribution in [1.82, 2.24) is 9.97 Å². The van der Waals surface area contributed by atoms with Gasteiger partial charge in [-0.25, -0.2) is 9.97 Å². The summed E-state index contributed by atoms with van der Waals surface area (Å²) < 4.78 is 0.695. The number of nitrogens with one attached hydrogen (secondary N) is 1. The number of anilines is 1. The lowest BCUT2D eigenvalue weighted by Crippen LogP contribution is -2.11. The van der Waals surface area contributed by atoms with E-state index in [0.29, 0.717) is 25.7 Å². The third kappa shape index (κ3) is 3.30. The molecule has 0 fully saturated rings. The highest BCUT2D eigenvalue weighted by atomic mass is 35.5. The largest absolute Gasteiger partial charge is 0.320 e. The van der Waals surface area contributed by atoms with Crippen LogP contribution in [0.2, 0.25) is 9.49 Å². The monoisotopic (exact) mass is 369 g/mol. The van der Waals surface area contributed by atoms with Gasteiger partial charge in [-0.3, -0.25) is 4.79 Å². The van der Waals surface area contributed by atoms with Gasteiger partial charge in [-0.2, -0.15) is 0 Å². The minimum absolute atomic E-state index is 0.215. The first kappa shape index (κ1) is 15.4. The summed E-state index contributed by atoms with van der Waals surface area (Å²) in [6, 6.07) is 7.03. The van der Waals surface area contributed by atoms with Gasteiger partial charge in [-0.1, -0.05) is 23.2 Å². The van der Waals surface area contributed by atoms with E-state index in [9.17, 15) is 4.79 Å². The second kappa shape index (κ2) is 6.34. The van der Waals surface area contributed by atoms with E-state index < -0.39 is 0 Å². The van der Waals surface area contributed by atoms with Crippen molar-refractivity contribution < 1.29 is 4.79 Å². The lowest BCUT2D eigenvalue weighted by molar-refractivity contribution is 0.103. The van der Waals surface area contributed by atoms with Gasteiger partial charge in [0.15, 0.2) is 0 Å². The average Bonchev–Trinajstić information content (AvgIpc) is 3.07. The van der Waals surface area contributed by atoms with Gasteiger partial charge in [0, 0.05) is 0 Å². The SMILES string of the molecule is Cc1nc(-c2ccc(Cl)s2)sc1C(=O)Nc1ccc(Cl)nc1. The van der Waals surface area contributed by atoms with Crippen molar-refractivity contribution >= 4 is 57.5 Å². The normalized spacial score (nSPS) is 10.7. The number of amides is 1. The highest BCUT2D eigenvalue weighted by molar-refractivity contribution is 7.24. The van der Waals surface area contributed by atoms with Crippen molar-refractivity contribution in [1.29, 1.82) is 0 Å². The van der Waals surface area contributed by atoms with E-state index in [2.05, 4.69) is 15.3 Å². The van der Waals surface area contributed by atoms with E-state index in [1.807, 2.05) is 19.1 Å². The van der Waals surface area contributed by atoms with Crippen LogP contribution in [0.15, 0.2) is 30.5 Å². The predicted octanol–water partition coefficient (Wildman–Crippen LogP) is 5.13. The molecule has 1 N–H and O–H groups in total. The summed E-state index contributed by atoms with van der Waals surface area (Å²) >= 11 is 14.4. The standard InChI is InChI=1S/C14H9Cl2N3OS2/c1-7-12(13(20)19-8-2-4-10(15)17-6-8)22-14(18-7)9-3-5-11(16)21-9/h2-6H,1H3,(H,19,20). The van der Waals surface area contributed by atoms with Crippen LogP contribution in [-0.2, 0) is 0 Å². The van der Waals surface area contributed by atoms with Crippen LogP contribution in [0.5, 0.6) is 0 Å². The minimum Gasteiger partial charge on any atom is -0.320 e. The molecule has 4 nitrogen and oxygen atoms in total. The van der Waals surface area contributed by atoms with Gasteiger partial charge in [0.2, 0.25) is 0 Å². The number of rotatable bonds is 3. The summed E-state index contributed by atoms with van der Waals surface area (Å²) in [4.78, 5) is 22.2. The molecule has 0 unspecified atom stereocenters. The Morgan fingerprint density at radius 3 is 2.64 bits per heavy atom. The first-order chi connectivity index (χ1) is 10.5. The van der Waals surface area contributed by atoms with Crippen LogP contribution < -0.4 is 5.32 Å². The maximum absolute atomic E-state index is 12.3. The summed E-state index contributed by atoms with van der Waals surface area (Å²) in [6.07, 6.45) is 1.51. The molecule has 0 aliphatic carbocycles. The fraction of sp³-hybridized carbons (Fsp3) is 0.0714. The number of nitrogens with zero attached hydrogens (tertiary/aromatic N) is 2. The molecular weight excluding hydrogens is 361 g/mol. The minimum atomic E-state index is -0.215. The first-order valence-electron chi connectivity index (χ1n) is 6.19. The highest BCUT2D eigenvalue weighted by Gasteiger charge is 2.17. The Bertz CT molecular complexity index is 827. The number of carbonyl (C=O) groups excluding carboxylic acids is 1. The maximum Gasteiger partial charge on any atom is 0.267 e. The van der Waals surface area contributed by atoms with Crippen molar-refractivity contribution in [2.45, 2.75) is 6.92 Å². The molecule has 0 aliphatic heterocycles. The Labute approximate surface area is 144 Å². The smallest absolute Gasteiger partial charge is 0.267 e. The third-order valence-electron chi connectivity index (χ3n) is 2.77. The molecule has 3 aromatic heterocycles. The molecule has 3 rings (SSSR count). The lowest BCUT2D eigenvalue weighted by Gasteiger charge is -2.03. The fourth-order valence-electron chi connectivity index (χ4n) is 1.78. The molecule has 0 aromatic carbocycles. The van der Waals surface area contributed by atoms with Crippen LogP contribution >= 0.6 is 45.9 Å². The summed E-state index contributed by atoms with van der Waals surface area (Å²) in [7, 11) is 0. The van der Waals surface area contributed by atoms with Crippen molar-refractivity contribution in [3.8, 4) is 9.88 Å². The van der Waals surface area contributed by atoms with E-state index in [1.54, 1.807) is 12.1 Å². The van der Waals surface area contributed by atoms with Crippen LogP contribution in [-0.4, -0.2) is 15.9 Å². The quantitative estimate of drug-likeness (QED) is 0.650. The molecule has 22 heavy (non-hydrogen) atoms. The van der Waals surface area contributed by atoms with Gasteiger partial charge >= 0.3 is 0 Å². The Hall–Kier alpha value is -1.47. The Kier molecular flexibility index (Phi) is 4.44. The van der Waals surface area contributed by atoms with Crippen LogP contribution in [0, 0.1) is 6.92 Å². The van der Waals surface area contributed by atoms with Gasteiger partial charge in [0.25, 0.3) is 5.91 Å². The van der Waals surface area contributed by atoms with Crippen LogP contribution in [0.1, 0.15) is 15.4 Å². The summed E-state index contributed by atoms with van der Waals surface area (Å²) in [5, 5.41) is 3.95. The first-order valence-corrected chi connectivity index (χ1v) is 8.58. The second-order valence-corrected chi connectivity index (χ2v) is 7.46. The van der Waals surface area contributed by atoms with E-state index in [1.165, 1.54) is 28.9 Å². The molecule has 0 radical (unpaired) electrons. The van der Waals surface area contributed by atoms with Gasteiger partial charge < -0.3 is 5.32 Å². The number of aryl methyl sites for hydroxylation is 1. The Balaban J connectivity index is 1.83. The van der Waals surface area contributed by atoms with Gasteiger partial charge in [-0.05, 0) is 31.2 Å². The van der Waals surface area contributed by atoms with Gasteiger partial charge in [0.05, 0.1) is 26.8 Å². The zero-order valence-electron chi connectivity index (χ0n) is 11.3. The molecule has 8 heteroatoms. The number of halogens is 2. The van der Waals surface area contributed by atoms with E-state index in [0.717, 1.165) is 9.88 Å².